The number of methoxy groups -OCH3 is 1. The molecular formula is C11H16N2O. The highest BCUT2D eigenvalue weighted by molar-refractivity contribution is 5.32. The number of hydrogen-bond donors (Lipinski definition) is 1. The standard InChI is InChI=1S/C11H16N2O/c1-14-11-9(6-12)5-10(7-13-11)8-3-2-4-8/h5,7-8H,2-4,6,12H2,1H3. The first-order chi connectivity index (χ1) is 6.85. The maximum Gasteiger partial charge on any atom is 0.217 e. The van der Waals surface area contributed by atoms with Gasteiger partial charge in [0.1, 0.15) is 0 Å². The molecule has 0 aliphatic heterocycles. The molecule has 0 saturated heterocycles. The zero-order valence-corrected chi connectivity index (χ0v) is 8.49. The van der Waals surface area contributed by atoms with E-state index in [-0.39, 0.29) is 0 Å². The lowest BCUT2D eigenvalue weighted by atomic mass is 9.80. The second-order valence-electron chi connectivity index (χ2n) is 3.77. The van der Waals surface area contributed by atoms with E-state index in [4.69, 9.17) is 10.5 Å². The second-order valence-corrected chi connectivity index (χ2v) is 3.77. The lowest BCUT2D eigenvalue weighted by molar-refractivity contribution is 0.387. The number of ether oxygens (including phenoxy) is 1. The van der Waals surface area contributed by atoms with Crippen LogP contribution in [0.3, 0.4) is 0 Å². The fourth-order valence-corrected chi connectivity index (χ4v) is 1.81. The summed E-state index contributed by atoms with van der Waals surface area (Å²) in [5.74, 6) is 1.37. The van der Waals surface area contributed by atoms with Gasteiger partial charge in [0.25, 0.3) is 0 Å². The van der Waals surface area contributed by atoms with E-state index in [0.29, 0.717) is 18.3 Å². The van der Waals surface area contributed by atoms with Gasteiger partial charge in [-0.2, -0.15) is 0 Å². The van der Waals surface area contributed by atoms with Gasteiger partial charge in [0.05, 0.1) is 7.11 Å². The van der Waals surface area contributed by atoms with Crippen LogP contribution in [0.25, 0.3) is 0 Å². The molecule has 3 nitrogen and oxygen atoms in total. The van der Waals surface area contributed by atoms with Crippen LogP contribution in [0.15, 0.2) is 12.3 Å². The van der Waals surface area contributed by atoms with Gasteiger partial charge in [0, 0.05) is 18.3 Å². The lowest BCUT2D eigenvalue weighted by Crippen LogP contribution is -2.11. The summed E-state index contributed by atoms with van der Waals surface area (Å²) in [4.78, 5) is 4.27. The van der Waals surface area contributed by atoms with E-state index >= 15 is 0 Å². The summed E-state index contributed by atoms with van der Waals surface area (Å²) in [5.41, 5.74) is 7.96. The highest BCUT2D eigenvalue weighted by Crippen LogP contribution is 2.36. The molecule has 3 heteroatoms. The topological polar surface area (TPSA) is 48.1 Å². The molecule has 0 aromatic carbocycles. The van der Waals surface area contributed by atoms with Crippen molar-refractivity contribution >= 4 is 0 Å². The van der Waals surface area contributed by atoms with Gasteiger partial charge < -0.3 is 10.5 Å². The summed E-state index contributed by atoms with van der Waals surface area (Å²) in [6.45, 7) is 0.497. The summed E-state index contributed by atoms with van der Waals surface area (Å²) in [5, 5.41) is 0. The average molecular weight is 192 g/mol. The van der Waals surface area contributed by atoms with Gasteiger partial charge in [0.2, 0.25) is 5.88 Å². The van der Waals surface area contributed by atoms with Crippen LogP contribution >= 0.6 is 0 Å². The Morgan fingerprint density at radius 1 is 1.57 bits per heavy atom. The first-order valence-electron chi connectivity index (χ1n) is 5.08. The predicted molar refractivity (Wildman–Crippen MR) is 55.3 cm³/mol. The summed E-state index contributed by atoms with van der Waals surface area (Å²) >= 11 is 0. The van der Waals surface area contributed by atoms with E-state index in [0.717, 1.165) is 5.56 Å². The predicted octanol–water partition coefficient (Wildman–Crippen LogP) is 1.82. The van der Waals surface area contributed by atoms with E-state index < -0.39 is 0 Å². The minimum absolute atomic E-state index is 0.497. The van der Waals surface area contributed by atoms with Crippen molar-refractivity contribution in [3.63, 3.8) is 0 Å². The molecule has 1 aromatic rings. The third kappa shape index (κ3) is 1.60. The molecule has 1 aromatic heterocycles. The summed E-state index contributed by atoms with van der Waals surface area (Å²) in [6.07, 6.45) is 5.84. The highest BCUT2D eigenvalue weighted by atomic mass is 16.5. The van der Waals surface area contributed by atoms with Gasteiger partial charge in [-0.15, -0.1) is 0 Å². The molecule has 1 fully saturated rings. The van der Waals surface area contributed by atoms with Crippen LogP contribution in [-0.2, 0) is 6.54 Å². The Morgan fingerprint density at radius 2 is 2.36 bits per heavy atom. The summed E-state index contributed by atoms with van der Waals surface area (Å²) in [7, 11) is 1.63. The van der Waals surface area contributed by atoms with Crippen molar-refractivity contribution in [1.29, 1.82) is 0 Å². The minimum atomic E-state index is 0.497. The van der Waals surface area contributed by atoms with Crippen molar-refractivity contribution in [2.75, 3.05) is 7.11 Å². The van der Waals surface area contributed by atoms with E-state index in [1.54, 1.807) is 7.11 Å². The number of nitrogens with zero attached hydrogens (tertiary/aromatic N) is 1. The van der Waals surface area contributed by atoms with Gasteiger partial charge in [0.15, 0.2) is 0 Å². The van der Waals surface area contributed by atoms with Crippen LogP contribution in [0.5, 0.6) is 5.88 Å². The Bertz CT molecular complexity index is 321. The fraction of sp³-hybridized carbons (Fsp3) is 0.545. The van der Waals surface area contributed by atoms with Gasteiger partial charge >= 0.3 is 0 Å². The van der Waals surface area contributed by atoms with Crippen molar-refractivity contribution in [2.45, 2.75) is 31.7 Å². The Morgan fingerprint density at radius 3 is 2.86 bits per heavy atom. The molecule has 0 spiro atoms. The van der Waals surface area contributed by atoms with Crippen LogP contribution in [0.4, 0.5) is 0 Å². The van der Waals surface area contributed by atoms with Crippen LogP contribution in [0.2, 0.25) is 0 Å². The molecule has 0 radical (unpaired) electrons. The smallest absolute Gasteiger partial charge is 0.217 e. The lowest BCUT2D eigenvalue weighted by Gasteiger charge is -2.26. The van der Waals surface area contributed by atoms with Gasteiger partial charge in [-0.1, -0.05) is 6.42 Å². The van der Waals surface area contributed by atoms with Gasteiger partial charge in [-0.3, -0.25) is 0 Å². The molecule has 1 heterocycles. The molecule has 2 N–H and O–H groups in total. The molecule has 0 amide bonds. The van der Waals surface area contributed by atoms with Crippen molar-refractivity contribution in [3.8, 4) is 5.88 Å². The molecule has 1 aliphatic rings. The molecule has 1 aliphatic carbocycles. The first kappa shape index (κ1) is 9.46. The molecule has 0 bridgehead atoms. The third-order valence-corrected chi connectivity index (χ3v) is 2.94. The Labute approximate surface area is 84.3 Å². The Balaban J connectivity index is 2.26. The van der Waals surface area contributed by atoms with Crippen molar-refractivity contribution in [1.82, 2.24) is 4.98 Å². The average Bonchev–Trinajstić information content (AvgIpc) is 2.15. The molecule has 76 valence electrons. The second kappa shape index (κ2) is 3.96. The van der Waals surface area contributed by atoms with Crippen molar-refractivity contribution < 1.29 is 4.74 Å². The van der Waals surface area contributed by atoms with Crippen molar-refractivity contribution in [3.05, 3.63) is 23.4 Å². The largest absolute Gasteiger partial charge is 0.481 e. The third-order valence-electron chi connectivity index (χ3n) is 2.94. The van der Waals surface area contributed by atoms with Gasteiger partial charge in [-0.25, -0.2) is 4.98 Å². The summed E-state index contributed by atoms with van der Waals surface area (Å²) < 4.78 is 5.13. The molecule has 0 atom stereocenters. The van der Waals surface area contributed by atoms with E-state index in [2.05, 4.69) is 11.1 Å². The Kier molecular flexibility index (Phi) is 2.68. The van der Waals surface area contributed by atoms with E-state index in [1.807, 2.05) is 6.20 Å². The maximum absolute atomic E-state index is 5.63. The quantitative estimate of drug-likeness (QED) is 0.794. The number of nitrogens with two attached hydrogens (primary N) is 1. The minimum Gasteiger partial charge on any atom is -0.481 e. The number of pyridine rings is 1. The SMILES string of the molecule is COc1ncc(C2CCC2)cc1CN. The van der Waals surface area contributed by atoms with Crippen LogP contribution in [0.1, 0.15) is 36.3 Å². The number of rotatable bonds is 3. The summed E-state index contributed by atoms with van der Waals surface area (Å²) in [6, 6.07) is 2.13. The zero-order valence-electron chi connectivity index (χ0n) is 8.49. The molecular weight excluding hydrogens is 176 g/mol. The monoisotopic (exact) mass is 192 g/mol. The van der Waals surface area contributed by atoms with E-state index in [9.17, 15) is 0 Å². The number of aromatic nitrogens is 1. The first-order valence-corrected chi connectivity index (χ1v) is 5.08. The zero-order chi connectivity index (χ0) is 9.97. The molecule has 0 unspecified atom stereocenters. The van der Waals surface area contributed by atoms with Crippen LogP contribution < -0.4 is 10.5 Å². The fourth-order valence-electron chi connectivity index (χ4n) is 1.81. The maximum atomic E-state index is 5.63. The van der Waals surface area contributed by atoms with Crippen molar-refractivity contribution in [2.24, 2.45) is 5.73 Å². The van der Waals surface area contributed by atoms with Crippen LogP contribution in [0, 0.1) is 0 Å². The van der Waals surface area contributed by atoms with Crippen LogP contribution in [-0.4, -0.2) is 12.1 Å². The normalized spacial score (nSPS) is 16.4. The number of hydrogen-bond acceptors (Lipinski definition) is 3. The molecule has 14 heavy (non-hydrogen) atoms. The Hall–Kier alpha value is -1.09. The highest BCUT2D eigenvalue weighted by Gasteiger charge is 2.20. The molecule has 1 saturated carbocycles. The van der Waals surface area contributed by atoms with E-state index in [1.165, 1.54) is 24.8 Å². The van der Waals surface area contributed by atoms with Gasteiger partial charge in [-0.05, 0) is 30.4 Å². The molecule has 2 rings (SSSR count).